The van der Waals surface area contributed by atoms with Crippen molar-refractivity contribution >= 4 is 33.2 Å². The van der Waals surface area contributed by atoms with Crippen LogP contribution >= 0.6 is 11.6 Å². The highest BCUT2D eigenvalue weighted by Crippen LogP contribution is 2.34. The smallest absolute Gasteiger partial charge is 0.416 e. The van der Waals surface area contributed by atoms with E-state index in [1.165, 1.54) is 31.4 Å². The number of halogens is 4. The van der Waals surface area contributed by atoms with Gasteiger partial charge < -0.3 is 10.1 Å². The van der Waals surface area contributed by atoms with Crippen molar-refractivity contribution in [3.05, 3.63) is 88.9 Å². The predicted molar refractivity (Wildman–Crippen MR) is 122 cm³/mol. The zero-order valence-electron chi connectivity index (χ0n) is 17.8. The number of alkyl halides is 3. The van der Waals surface area contributed by atoms with E-state index in [0.717, 1.165) is 16.4 Å². The minimum atomic E-state index is -4.64. The Morgan fingerprint density at radius 1 is 1.03 bits per heavy atom. The normalized spacial score (nSPS) is 11.9. The molecule has 180 valence electrons. The van der Waals surface area contributed by atoms with Crippen LogP contribution in [0.25, 0.3) is 0 Å². The number of benzene rings is 3. The van der Waals surface area contributed by atoms with Gasteiger partial charge in [-0.3, -0.25) is 4.79 Å². The molecule has 0 saturated carbocycles. The molecule has 0 aliphatic heterocycles. The summed E-state index contributed by atoms with van der Waals surface area (Å²) in [5, 5.41) is 2.17. The van der Waals surface area contributed by atoms with Crippen molar-refractivity contribution in [3.63, 3.8) is 0 Å². The summed E-state index contributed by atoms with van der Waals surface area (Å²) in [6.45, 7) is -0.797. The van der Waals surface area contributed by atoms with Crippen molar-refractivity contribution in [2.75, 3.05) is 19.0 Å². The first-order chi connectivity index (χ1) is 16.0. The van der Waals surface area contributed by atoms with E-state index in [1.807, 2.05) is 0 Å². The van der Waals surface area contributed by atoms with E-state index in [9.17, 15) is 26.4 Å². The molecule has 1 N–H and O–H groups in total. The third-order valence-corrected chi connectivity index (χ3v) is 6.92. The third-order valence-electron chi connectivity index (χ3n) is 4.79. The first-order valence-electron chi connectivity index (χ1n) is 9.85. The summed E-state index contributed by atoms with van der Waals surface area (Å²) in [6.07, 6.45) is -4.64. The second-order valence-electron chi connectivity index (χ2n) is 7.17. The van der Waals surface area contributed by atoms with Gasteiger partial charge in [0.1, 0.15) is 5.75 Å². The first kappa shape index (κ1) is 25.5. The van der Waals surface area contributed by atoms with Crippen LogP contribution in [0, 0.1) is 0 Å². The molecule has 0 unspecified atom stereocenters. The zero-order chi connectivity index (χ0) is 24.9. The monoisotopic (exact) mass is 512 g/mol. The van der Waals surface area contributed by atoms with Gasteiger partial charge in [-0.1, -0.05) is 41.9 Å². The van der Waals surface area contributed by atoms with Gasteiger partial charge in [-0.05, 0) is 48.0 Å². The molecule has 0 spiro atoms. The first-order valence-corrected chi connectivity index (χ1v) is 11.7. The van der Waals surface area contributed by atoms with E-state index in [1.54, 1.807) is 30.3 Å². The van der Waals surface area contributed by atoms with E-state index in [2.05, 4.69) is 5.32 Å². The molecule has 1 amide bonds. The van der Waals surface area contributed by atoms with Gasteiger partial charge in [0, 0.05) is 6.54 Å². The number of ether oxygens (including phenoxy) is 1. The Labute approximate surface area is 200 Å². The molecule has 0 aliphatic rings. The lowest BCUT2D eigenvalue weighted by Gasteiger charge is -2.22. The molecule has 11 heteroatoms. The molecular weight excluding hydrogens is 493 g/mol. The van der Waals surface area contributed by atoms with Crippen LogP contribution in [0.3, 0.4) is 0 Å². The second-order valence-corrected chi connectivity index (χ2v) is 9.52. The summed E-state index contributed by atoms with van der Waals surface area (Å²) in [6, 6.07) is 16.7. The Morgan fingerprint density at radius 2 is 1.68 bits per heavy atom. The fraction of sp³-hybridized carbons (Fsp3) is 0.174. The van der Waals surface area contributed by atoms with Gasteiger partial charge >= 0.3 is 6.18 Å². The number of nitrogens with zero attached hydrogens (tertiary/aromatic N) is 1. The molecule has 3 rings (SSSR count). The maximum Gasteiger partial charge on any atom is 0.416 e. The summed E-state index contributed by atoms with van der Waals surface area (Å²) in [5.41, 5.74) is -0.660. The molecule has 0 aliphatic carbocycles. The molecule has 0 aromatic heterocycles. The molecule has 3 aromatic carbocycles. The van der Waals surface area contributed by atoms with E-state index >= 15 is 0 Å². The number of sulfonamides is 1. The van der Waals surface area contributed by atoms with Gasteiger partial charge in [-0.2, -0.15) is 17.5 Å². The number of hydrogen-bond acceptors (Lipinski definition) is 4. The number of amides is 1. The van der Waals surface area contributed by atoms with E-state index in [4.69, 9.17) is 16.3 Å². The van der Waals surface area contributed by atoms with Crippen molar-refractivity contribution in [3.8, 4) is 5.75 Å². The number of methoxy groups -OCH3 is 1. The molecule has 6 nitrogen and oxygen atoms in total. The average molecular weight is 513 g/mol. The average Bonchev–Trinajstić information content (AvgIpc) is 2.80. The highest BCUT2D eigenvalue weighted by Gasteiger charge is 2.32. The molecular formula is C23H20ClF3N2O4S. The Morgan fingerprint density at radius 3 is 2.26 bits per heavy atom. The van der Waals surface area contributed by atoms with Crippen LogP contribution < -0.4 is 10.1 Å². The van der Waals surface area contributed by atoms with Crippen LogP contribution in [0.1, 0.15) is 11.1 Å². The maximum absolute atomic E-state index is 13.3. The summed E-state index contributed by atoms with van der Waals surface area (Å²) >= 11 is 5.95. The highest BCUT2D eigenvalue weighted by atomic mass is 35.5. The highest BCUT2D eigenvalue weighted by molar-refractivity contribution is 7.89. The number of carbonyl (C=O) groups excluding carboxylic acids is 1. The Hall–Kier alpha value is -3.08. The van der Waals surface area contributed by atoms with Gasteiger partial charge in [-0.25, -0.2) is 8.42 Å². The van der Waals surface area contributed by atoms with Crippen molar-refractivity contribution in [1.29, 1.82) is 0 Å². The van der Waals surface area contributed by atoms with E-state index < -0.39 is 34.2 Å². The largest absolute Gasteiger partial charge is 0.497 e. The Bertz CT molecular complexity index is 1250. The zero-order valence-corrected chi connectivity index (χ0v) is 19.4. The summed E-state index contributed by atoms with van der Waals surface area (Å²) in [4.78, 5) is 12.7. The van der Waals surface area contributed by atoms with Crippen molar-refractivity contribution < 1.29 is 31.1 Å². The van der Waals surface area contributed by atoms with Crippen molar-refractivity contribution in [2.45, 2.75) is 17.6 Å². The molecule has 0 radical (unpaired) electrons. The minimum Gasteiger partial charge on any atom is -0.497 e. The number of nitrogens with one attached hydrogen (secondary N) is 1. The second kappa shape index (κ2) is 10.5. The van der Waals surface area contributed by atoms with Crippen LogP contribution in [-0.2, 0) is 27.5 Å². The fourth-order valence-electron chi connectivity index (χ4n) is 3.06. The van der Waals surface area contributed by atoms with Gasteiger partial charge in [0.15, 0.2) is 0 Å². The summed E-state index contributed by atoms with van der Waals surface area (Å²) in [7, 11) is -2.71. The summed E-state index contributed by atoms with van der Waals surface area (Å²) in [5.74, 6) is -0.403. The van der Waals surface area contributed by atoms with Crippen molar-refractivity contribution in [2.24, 2.45) is 0 Å². The Kier molecular flexibility index (Phi) is 7.86. The third kappa shape index (κ3) is 6.28. The number of carbonyl (C=O) groups is 1. The summed E-state index contributed by atoms with van der Waals surface area (Å²) < 4.78 is 71.7. The number of hydrogen-bond donors (Lipinski definition) is 1. The maximum atomic E-state index is 13.3. The van der Waals surface area contributed by atoms with Gasteiger partial charge in [0.05, 0.1) is 34.8 Å². The lowest BCUT2D eigenvalue weighted by Crippen LogP contribution is -2.37. The molecule has 3 aromatic rings. The van der Waals surface area contributed by atoms with Gasteiger partial charge in [0.2, 0.25) is 15.9 Å². The predicted octanol–water partition coefficient (Wildman–Crippen LogP) is 5.20. The molecule has 0 bridgehead atoms. The SMILES string of the molecule is COc1ccc(S(=O)(=O)N(CC(=O)Nc2cc(C(F)(F)F)ccc2Cl)Cc2ccccc2)cc1. The van der Waals surface area contributed by atoms with Gasteiger partial charge in [-0.15, -0.1) is 0 Å². The van der Waals surface area contributed by atoms with Crippen molar-refractivity contribution in [1.82, 2.24) is 4.31 Å². The quantitative estimate of drug-likeness (QED) is 0.450. The van der Waals surface area contributed by atoms with Crippen LogP contribution in [0.2, 0.25) is 5.02 Å². The van der Waals surface area contributed by atoms with Gasteiger partial charge in [0.25, 0.3) is 0 Å². The molecule has 34 heavy (non-hydrogen) atoms. The molecule has 0 fully saturated rings. The topological polar surface area (TPSA) is 75.7 Å². The molecule has 0 atom stereocenters. The lowest BCUT2D eigenvalue weighted by atomic mass is 10.2. The lowest BCUT2D eigenvalue weighted by molar-refractivity contribution is -0.137. The standard InChI is InChI=1S/C23H20ClF3N2O4S/c1-33-18-8-10-19(11-9-18)34(31,32)29(14-16-5-3-2-4-6-16)15-22(30)28-21-13-17(23(25,26)27)7-12-20(21)24/h2-13H,14-15H2,1H3,(H,28,30). The number of rotatable bonds is 8. The number of anilines is 1. The van der Waals surface area contributed by atoms with Crippen LogP contribution in [0.5, 0.6) is 5.75 Å². The van der Waals surface area contributed by atoms with Crippen LogP contribution in [0.4, 0.5) is 18.9 Å². The molecule has 0 heterocycles. The van der Waals surface area contributed by atoms with E-state index in [-0.39, 0.29) is 22.2 Å². The fourth-order valence-corrected chi connectivity index (χ4v) is 4.61. The Balaban J connectivity index is 1.89. The van der Waals surface area contributed by atoms with E-state index in [0.29, 0.717) is 17.4 Å². The minimum absolute atomic E-state index is 0.0749. The van der Waals surface area contributed by atoms with Crippen LogP contribution in [0.15, 0.2) is 77.7 Å². The van der Waals surface area contributed by atoms with Crippen LogP contribution in [-0.4, -0.2) is 32.3 Å². The molecule has 0 saturated heterocycles.